The molecule has 1 aliphatic carbocycles. The summed E-state index contributed by atoms with van der Waals surface area (Å²) in [5.74, 6) is -1.12. The molecule has 4 rings (SSSR count). The normalized spacial score (nSPS) is 19.1. The van der Waals surface area contributed by atoms with Crippen LogP contribution in [-0.4, -0.2) is 20.4 Å². The van der Waals surface area contributed by atoms with Crippen molar-refractivity contribution in [3.8, 4) is 11.1 Å². The Balaban J connectivity index is 1.46. The third-order valence-corrected chi connectivity index (χ3v) is 7.45. The van der Waals surface area contributed by atoms with Gasteiger partial charge in [-0.1, -0.05) is 54.6 Å². The molecule has 0 fully saturated rings. The Morgan fingerprint density at radius 2 is 1.62 bits per heavy atom. The Morgan fingerprint density at radius 3 is 2.33 bits per heavy atom. The van der Waals surface area contributed by atoms with Gasteiger partial charge in [0, 0.05) is 17.3 Å². The van der Waals surface area contributed by atoms with E-state index in [4.69, 9.17) is 0 Å². The molecule has 10 heteroatoms. The van der Waals surface area contributed by atoms with E-state index < -0.39 is 39.5 Å². The standard InChI is InChI=1S/C29H24F4N2O3S/c30-22-7-5-12-25(19-22)39(37,38)35-24-9-2-1-8-23(10-6-11-24)34-28(36)27-14-4-3-13-26(27)20-15-17-21(18-16-20)29(31,32)33/h1-8,10,12-19,24,35H,9,11H2,(H,34,36)/b2-1+,10-6+,23-8+. The minimum absolute atomic E-state index is 0.173. The monoisotopic (exact) mass is 556 g/mol. The van der Waals surface area contributed by atoms with Crippen molar-refractivity contribution in [3.63, 3.8) is 0 Å². The fraction of sp³-hybridized carbons (Fsp3) is 0.138. The number of allylic oxidation sites excluding steroid dienone is 3. The van der Waals surface area contributed by atoms with Gasteiger partial charge in [0.2, 0.25) is 10.0 Å². The second kappa shape index (κ2) is 11.8. The Bertz CT molecular complexity index is 1540. The molecule has 3 aromatic rings. The maximum Gasteiger partial charge on any atom is 0.416 e. The molecular weight excluding hydrogens is 532 g/mol. The van der Waals surface area contributed by atoms with E-state index in [2.05, 4.69) is 10.0 Å². The second-order valence-corrected chi connectivity index (χ2v) is 10.5. The van der Waals surface area contributed by atoms with E-state index in [0.717, 1.165) is 24.3 Å². The van der Waals surface area contributed by atoms with Crippen LogP contribution in [0.2, 0.25) is 0 Å². The fourth-order valence-electron chi connectivity index (χ4n) is 4.00. The van der Waals surface area contributed by atoms with Gasteiger partial charge in [-0.3, -0.25) is 4.79 Å². The van der Waals surface area contributed by atoms with Gasteiger partial charge in [0.15, 0.2) is 0 Å². The van der Waals surface area contributed by atoms with Gasteiger partial charge in [-0.05, 0) is 72.5 Å². The fourth-order valence-corrected chi connectivity index (χ4v) is 5.29. The molecule has 0 spiro atoms. The maximum absolute atomic E-state index is 13.5. The van der Waals surface area contributed by atoms with E-state index in [1.807, 2.05) is 0 Å². The van der Waals surface area contributed by atoms with Gasteiger partial charge in [-0.2, -0.15) is 13.2 Å². The molecule has 0 aromatic heterocycles. The summed E-state index contributed by atoms with van der Waals surface area (Å²) in [5.41, 5.74) is 0.861. The van der Waals surface area contributed by atoms with E-state index in [1.165, 1.54) is 24.3 Å². The minimum Gasteiger partial charge on any atom is -0.322 e. The minimum atomic E-state index is -4.46. The van der Waals surface area contributed by atoms with Gasteiger partial charge in [0.05, 0.1) is 10.5 Å². The van der Waals surface area contributed by atoms with Crippen molar-refractivity contribution in [1.29, 1.82) is 0 Å². The molecule has 1 amide bonds. The third-order valence-electron chi connectivity index (χ3n) is 5.93. The predicted molar refractivity (Wildman–Crippen MR) is 140 cm³/mol. The molecule has 0 aliphatic heterocycles. The molecule has 0 heterocycles. The number of nitrogens with one attached hydrogen (secondary N) is 2. The molecule has 5 nitrogen and oxygen atoms in total. The van der Waals surface area contributed by atoms with Crippen LogP contribution in [0, 0.1) is 5.82 Å². The number of benzene rings is 3. The number of hydrogen-bond donors (Lipinski definition) is 2. The van der Waals surface area contributed by atoms with E-state index in [-0.39, 0.29) is 10.5 Å². The number of carbonyl (C=O) groups is 1. The van der Waals surface area contributed by atoms with Gasteiger partial charge in [0.25, 0.3) is 5.91 Å². The number of amides is 1. The molecule has 0 radical (unpaired) electrons. The maximum atomic E-state index is 13.5. The number of sulfonamides is 1. The van der Waals surface area contributed by atoms with Crippen molar-refractivity contribution in [2.75, 3.05) is 0 Å². The van der Waals surface area contributed by atoms with Crippen LogP contribution in [0.3, 0.4) is 0 Å². The topological polar surface area (TPSA) is 75.3 Å². The van der Waals surface area contributed by atoms with Gasteiger partial charge in [0.1, 0.15) is 5.82 Å². The van der Waals surface area contributed by atoms with Crippen molar-refractivity contribution in [2.24, 2.45) is 0 Å². The first-order valence-corrected chi connectivity index (χ1v) is 13.4. The highest BCUT2D eigenvalue weighted by Crippen LogP contribution is 2.32. The van der Waals surface area contributed by atoms with E-state index in [1.54, 1.807) is 54.6 Å². The lowest BCUT2D eigenvalue weighted by atomic mass is 9.98. The van der Waals surface area contributed by atoms with Crippen molar-refractivity contribution >= 4 is 15.9 Å². The molecule has 0 bridgehead atoms. The lowest BCUT2D eigenvalue weighted by molar-refractivity contribution is -0.137. The smallest absolute Gasteiger partial charge is 0.322 e. The molecule has 202 valence electrons. The van der Waals surface area contributed by atoms with E-state index in [9.17, 15) is 30.8 Å². The molecular formula is C29H24F4N2O3S. The lowest BCUT2D eigenvalue weighted by Gasteiger charge is -2.15. The largest absolute Gasteiger partial charge is 0.416 e. The molecule has 1 atom stereocenters. The first-order valence-electron chi connectivity index (χ1n) is 11.9. The van der Waals surface area contributed by atoms with Crippen molar-refractivity contribution in [2.45, 2.75) is 30.0 Å². The van der Waals surface area contributed by atoms with Crippen LogP contribution in [0.5, 0.6) is 0 Å². The number of rotatable bonds is 6. The van der Waals surface area contributed by atoms with Crippen molar-refractivity contribution in [1.82, 2.24) is 10.0 Å². The molecule has 2 N–H and O–H groups in total. The van der Waals surface area contributed by atoms with Crippen molar-refractivity contribution in [3.05, 3.63) is 126 Å². The van der Waals surface area contributed by atoms with E-state index in [0.29, 0.717) is 29.7 Å². The zero-order valence-corrected chi connectivity index (χ0v) is 21.3. The summed E-state index contributed by atoms with van der Waals surface area (Å²) in [6.45, 7) is 0. The van der Waals surface area contributed by atoms with Crippen LogP contribution >= 0.6 is 0 Å². The van der Waals surface area contributed by atoms with Crippen molar-refractivity contribution < 1.29 is 30.8 Å². The quantitative estimate of drug-likeness (QED) is 0.346. The van der Waals surface area contributed by atoms with Crippen LogP contribution in [-0.2, 0) is 16.2 Å². The Morgan fingerprint density at radius 1 is 0.897 bits per heavy atom. The predicted octanol–water partition coefficient (Wildman–Crippen LogP) is 6.38. The summed E-state index contributed by atoms with van der Waals surface area (Å²) in [7, 11) is -3.94. The number of alkyl halides is 3. The summed E-state index contributed by atoms with van der Waals surface area (Å²) in [6, 6.07) is 15.4. The summed E-state index contributed by atoms with van der Waals surface area (Å²) in [4.78, 5) is 13.0. The second-order valence-electron chi connectivity index (χ2n) is 8.77. The van der Waals surface area contributed by atoms with Gasteiger partial charge >= 0.3 is 6.18 Å². The van der Waals surface area contributed by atoms with E-state index >= 15 is 0 Å². The molecule has 39 heavy (non-hydrogen) atoms. The SMILES string of the molecule is O=C(NC1=C/C=C/CC(NS(=O)(=O)c2cccc(F)c2)C\C=C\1)c1ccccc1-c1ccc(C(F)(F)F)cc1. The highest BCUT2D eigenvalue weighted by atomic mass is 32.2. The molecule has 3 aromatic carbocycles. The average Bonchev–Trinajstić information content (AvgIpc) is 3.00. The molecule has 1 aliphatic rings. The molecule has 1 unspecified atom stereocenters. The number of hydrogen-bond acceptors (Lipinski definition) is 3. The van der Waals surface area contributed by atoms with Crippen LogP contribution in [0.15, 0.2) is 114 Å². The zero-order valence-electron chi connectivity index (χ0n) is 20.5. The Kier molecular flexibility index (Phi) is 8.47. The lowest BCUT2D eigenvalue weighted by Crippen LogP contribution is -2.34. The first kappa shape index (κ1) is 28.0. The highest BCUT2D eigenvalue weighted by Gasteiger charge is 2.30. The van der Waals surface area contributed by atoms with Crippen LogP contribution in [0.1, 0.15) is 28.8 Å². The molecule has 0 saturated heterocycles. The van der Waals surface area contributed by atoms with Crippen LogP contribution < -0.4 is 10.0 Å². The third kappa shape index (κ3) is 7.30. The van der Waals surface area contributed by atoms with Gasteiger partial charge < -0.3 is 5.32 Å². The summed E-state index contributed by atoms with van der Waals surface area (Å²) in [5, 5.41) is 2.80. The summed E-state index contributed by atoms with van der Waals surface area (Å²) in [6.07, 6.45) is 4.61. The highest BCUT2D eigenvalue weighted by molar-refractivity contribution is 7.89. The zero-order chi connectivity index (χ0) is 28.0. The van der Waals surface area contributed by atoms with Gasteiger partial charge in [-0.25, -0.2) is 17.5 Å². The summed E-state index contributed by atoms with van der Waals surface area (Å²) >= 11 is 0. The van der Waals surface area contributed by atoms with Crippen LogP contribution in [0.25, 0.3) is 11.1 Å². The Hall–Kier alpha value is -4.02. The average molecular weight is 557 g/mol. The first-order chi connectivity index (χ1) is 18.5. The molecule has 0 saturated carbocycles. The summed E-state index contributed by atoms with van der Waals surface area (Å²) < 4.78 is 80.3. The number of halogens is 4. The number of carbonyl (C=O) groups excluding carboxylic acids is 1. The van der Waals surface area contributed by atoms with Crippen LogP contribution in [0.4, 0.5) is 17.6 Å². The Labute approximate surface area is 223 Å². The van der Waals surface area contributed by atoms with Gasteiger partial charge in [-0.15, -0.1) is 0 Å².